The minimum atomic E-state index is 0.274. The van der Waals surface area contributed by atoms with E-state index in [0.29, 0.717) is 6.04 Å². The van der Waals surface area contributed by atoms with Gasteiger partial charge in [-0.3, -0.25) is 4.90 Å². The van der Waals surface area contributed by atoms with Gasteiger partial charge in [0, 0.05) is 12.6 Å². The highest BCUT2D eigenvalue weighted by Gasteiger charge is 2.08. The maximum atomic E-state index is 8.81. The number of rotatable bonds is 6. The van der Waals surface area contributed by atoms with Crippen LogP contribution in [0.15, 0.2) is 0 Å². The monoisotopic (exact) mass is 173 g/mol. The minimum absolute atomic E-state index is 0.274. The Morgan fingerprint density at radius 3 is 2.00 bits per heavy atom. The molecule has 0 rings (SSSR count). The molecule has 0 radical (unpaired) electrons. The second kappa shape index (κ2) is 6.44. The molecule has 0 aromatic rings. The van der Waals surface area contributed by atoms with Gasteiger partial charge >= 0.3 is 0 Å². The van der Waals surface area contributed by atoms with Crippen molar-refractivity contribution in [1.29, 1.82) is 0 Å². The average molecular weight is 173 g/mol. The highest BCUT2D eigenvalue weighted by atomic mass is 16.3. The van der Waals surface area contributed by atoms with E-state index in [2.05, 4.69) is 32.6 Å². The summed E-state index contributed by atoms with van der Waals surface area (Å²) in [5, 5.41) is 8.81. The van der Waals surface area contributed by atoms with Crippen molar-refractivity contribution in [3.63, 3.8) is 0 Å². The van der Waals surface area contributed by atoms with Crippen LogP contribution in [0.3, 0.4) is 0 Å². The van der Waals surface area contributed by atoms with Gasteiger partial charge in [0.15, 0.2) is 0 Å². The van der Waals surface area contributed by atoms with Crippen molar-refractivity contribution < 1.29 is 5.11 Å². The first-order valence-electron chi connectivity index (χ1n) is 4.92. The van der Waals surface area contributed by atoms with Crippen molar-refractivity contribution in [2.24, 2.45) is 5.92 Å². The standard InChI is InChI=1S/C10H23NO/c1-9(2)5-6-11(7-8-12)10(3)4/h9-10,12H,5-8H2,1-4H3. The molecule has 0 aliphatic carbocycles. The van der Waals surface area contributed by atoms with E-state index in [4.69, 9.17) is 5.11 Å². The van der Waals surface area contributed by atoms with Crippen molar-refractivity contribution in [2.75, 3.05) is 19.7 Å². The fourth-order valence-electron chi connectivity index (χ4n) is 1.18. The fraction of sp³-hybridized carbons (Fsp3) is 1.00. The van der Waals surface area contributed by atoms with E-state index in [9.17, 15) is 0 Å². The molecular weight excluding hydrogens is 150 g/mol. The Labute approximate surface area is 76.6 Å². The molecule has 0 unspecified atom stereocenters. The molecule has 0 bridgehead atoms. The van der Waals surface area contributed by atoms with Crippen LogP contribution in [0, 0.1) is 5.92 Å². The summed E-state index contributed by atoms with van der Waals surface area (Å²) in [6.45, 7) is 11.0. The summed E-state index contributed by atoms with van der Waals surface area (Å²) in [6, 6.07) is 0.552. The first-order chi connectivity index (χ1) is 5.57. The van der Waals surface area contributed by atoms with Crippen molar-refractivity contribution in [3.8, 4) is 0 Å². The lowest BCUT2D eigenvalue weighted by molar-refractivity contribution is 0.159. The summed E-state index contributed by atoms with van der Waals surface area (Å²) in [5.74, 6) is 0.755. The third-order valence-electron chi connectivity index (χ3n) is 2.11. The number of aliphatic hydroxyl groups excluding tert-OH is 1. The summed E-state index contributed by atoms with van der Waals surface area (Å²) >= 11 is 0. The maximum Gasteiger partial charge on any atom is 0.0558 e. The van der Waals surface area contributed by atoms with Gasteiger partial charge in [0.25, 0.3) is 0 Å². The smallest absolute Gasteiger partial charge is 0.0558 e. The summed E-state index contributed by atoms with van der Waals surface area (Å²) in [7, 11) is 0. The van der Waals surface area contributed by atoms with Gasteiger partial charge < -0.3 is 5.11 Å². The molecule has 0 heterocycles. The van der Waals surface area contributed by atoms with Crippen molar-refractivity contribution in [2.45, 2.75) is 40.2 Å². The highest BCUT2D eigenvalue weighted by molar-refractivity contribution is 4.62. The summed E-state index contributed by atoms with van der Waals surface area (Å²) in [4.78, 5) is 2.32. The Morgan fingerprint density at radius 1 is 1.08 bits per heavy atom. The molecule has 0 saturated carbocycles. The normalized spacial score (nSPS) is 12.0. The van der Waals surface area contributed by atoms with Crippen LogP contribution in [-0.2, 0) is 0 Å². The van der Waals surface area contributed by atoms with Gasteiger partial charge in [0.2, 0.25) is 0 Å². The van der Waals surface area contributed by atoms with Gasteiger partial charge in [-0.25, -0.2) is 0 Å². The van der Waals surface area contributed by atoms with Gasteiger partial charge in [-0.05, 0) is 32.7 Å². The zero-order valence-electron chi connectivity index (χ0n) is 8.88. The van der Waals surface area contributed by atoms with E-state index in [-0.39, 0.29) is 6.61 Å². The van der Waals surface area contributed by atoms with E-state index in [0.717, 1.165) is 19.0 Å². The predicted molar refractivity (Wildman–Crippen MR) is 53.2 cm³/mol. The average Bonchev–Trinajstić information content (AvgIpc) is 1.96. The number of nitrogens with zero attached hydrogens (tertiary/aromatic N) is 1. The van der Waals surface area contributed by atoms with Crippen molar-refractivity contribution in [1.82, 2.24) is 4.90 Å². The summed E-state index contributed by atoms with van der Waals surface area (Å²) in [6.07, 6.45) is 1.22. The number of hydrogen-bond donors (Lipinski definition) is 1. The van der Waals surface area contributed by atoms with Gasteiger partial charge in [-0.15, -0.1) is 0 Å². The maximum absolute atomic E-state index is 8.81. The van der Waals surface area contributed by atoms with E-state index < -0.39 is 0 Å². The van der Waals surface area contributed by atoms with Crippen LogP contribution in [0.1, 0.15) is 34.1 Å². The topological polar surface area (TPSA) is 23.5 Å². The molecule has 0 saturated heterocycles. The van der Waals surface area contributed by atoms with E-state index in [1.807, 2.05) is 0 Å². The lowest BCUT2D eigenvalue weighted by Gasteiger charge is -2.26. The molecule has 0 spiro atoms. The van der Waals surface area contributed by atoms with Crippen LogP contribution in [-0.4, -0.2) is 35.7 Å². The molecule has 12 heavy (non-hydrogen) atoms. The van der Waals surface area contributed by atoms with Crippen molar-refractivity contribution in [3.05, 3.63) is 0 Å². The predicted octanol–water partition coefficient (Wildman–Crippen LogP) is 1.74. The summed E-state index contributed by atoms with van der Waals surface area (Å²) < 4.78 is 0. The SMILES string of the molecule is CC(C)CCN(CCO)C(C)C. The Hall–Kier alpha value is -0.0800. The first kappa shape index (κ1) is 11.9. The molecule has 0 amide bonds. The molecule has 0 atom stereocenters. The van der Waals surface area contributed by atoms with Crippen LogP contribution in [0.25, 0.3) is 0 Å². The molecule has 2 heteroatoms. The lowest BCUT2D eigenvalue weighted by atomic mass is 10.1. The van der Waals surface area contributed by atoms with Crippen molar-refractivity contribution >= 4 is 0 Å². The quantitative estimate of drug-likeness (QED) is 0.661. The fourth-order valence-corrected chi connectivity index (χ4v) is 1.18. The minimum Gasteiger partial charge on any atom is -0.395 e. The van der Waals surface area contributed by atoms with Crippen LogP contribution in [0.2, 0.25) is 0 Å². The third-order valence-corrected chi connectivity index (χ3v) is 2.11. The van der Waals surface area contributed by atoms with Crippen LogP contribution >= 0.6 is 0 Å². The van der Waals surface area contributed by atoms with Gasteiger partial charge in [-0.1, -0.05) is 13.8 Å². The van der Waals surface area contributed by atoms with E-state index in [1.165, 1.54) is 6.42 Å². The van der Waals surface area contributed by atoms with Gasteiger partial charge in [-0.2, -0.15) is 0 Å². The molecule has 1 N–H and O–H groups in total. The largest absolute Gasteiger partial charge is 0.395 e. The molecule has 74 valence electrons. The molecule has 0 aliphatic heterocycles. The van der Waals surface area contributed by atoms with Crippen LogP contribution < -0.4 is 0 Å². The Morgan fingerprint density at radius 2 is 1.67 bits per heavy atom. The number of hydrogen-bond acceptors (Lipinski definition) is 2. The van der Waals surface area contributed by atoms with Gasteiger partial charge in [0.05, 0.1) is 6.61 Å². The highest BCUT2D eigenvalue weighted by Crippen LogP contribution is 2.04. The second-order valence-corrected chi connectivity index (χ2v) is 4.04. The second-order valence-electron chi connectivity index (χ2n) is 4.04. The third kappa shape index (κ3) is 5.56. The lowest BCUT2D eigenvalue weighted by Crippen LogP contribution is -2.34. The zero-order chi connectivity index (χ0) is 9.56. The molecule has 0 aromatic heterocycles. The van der Waals surface area contributed by atoms with Crippen LogP contribution in [0.5, 0.6) is 0 Å². The molecule has 0 aromatic carbocycles. The summed E-state index contributed by atoms with van der Waals surface area (Å²) in [5.41, 5.74) is 0. The molecule has 0 aliphatic rings. The molecule has 2 nitrogen and oxygen atoms in total. The Kier molecular flexibility index (Phi) is 6.39. The first-order valence-corrected chi connectivity index (χ1v) is 4.92. The van der Waals surface area contributed by atoms with Crippen LogP contribution in [0.4, 0.5) is 0 Å². The zero-order valence-corrected chi connectivity index (χ0v) is 8.88. The molecular formula is C10H23NO. The number of aliphatic hydroxyl groups is 1. The van der Waals surface area contributed by atoms with Gasteiger partial charge in [0.1, 0.15) is 0 Å². The van der Waals surface area contributed by atoms with E-state index >= 15 is 0 Å². The Balaban J connectivity index is 3.63. The Bertz CT molecular complexity index is 102. The van der Waals surface area contributed by atoms with E-state index in [1.54, 1.807) is 0 Å². The molecule has 0 fully saturated rings.